The predicted octanol–water partition coefficient (Wildman–Crippen LogP) is 1.28. The van der Waals surface area contributed by atoms with Crippen LogP contribution in [0.15, 0.2) is 12.4 Å². The normalized spacial score (nSPS) is 13.2. The molecule has 0 aliphatic carbocycles. The summed E-state index contributed by atoms with van der Waals surface area (Å²) in [7, 11) is 1.94. The van der Waals surface area contributed by atoms with E-state index in [1.165, 1.54) is 0 Å². The highest BCUT2D eigenvalue weighted by molar-refractivity contribution is 5.11. The molecule has 0 spiro atoms. The quantitative estimate of drug-likeness (QED) is 0.772. The molecule has 0 radical (unpaired) electrons. The molecule has 1 aromatic rings. The molecule has 1 atom stereocenters. The molecule has 1 heterocycles. The van der Waals surface area contributed by atoms with Crippen LogP contribution in [0.2, 0.25) is 0 Å². The monoisotopic (exact) mass is 197 g/mol. The van der Waals surface area contributed by atoms with Gasteiger partial charge in [-0.05, 0) is 27.8 Å². The van der Waals surface area contributed by atoms with Gasteiger partial charge in [0.2, 0.25) is 0 Å². The van der Waals surface area contributed by atoms with Gasteiger partial charge in [-0.25, -0.2) is 0 Å². The highest BCUT2D eigenvalue weighted by Crippen LogP contribution is 2.10. The largest absolute Gasteiger partial charge is 0.488 e. The van der Waals surface area contributed by atoms with Gasteiger partial charge in [0.1, 0.15) is 0 Å². The summed E-state index contributed by atoms with van der Waals surface area (Å²) in [5, 5.41) is 7.37. The molecule has 80 valence electrons. The highest BCUT2D eigenvalue weighted by atomic mass is 16.5. The van der Waals surface area contributed by atoms with Crippen LogP contribution in [0.4, 0.5) is 0 Å². The van der Waals surface area contributed by atoms with Crippen LogP contribution in [0.5, 0.6) is 5.75 Å². The number of likely N-dealkylation sites (N-methyl/N-ethyl adjacent to an activating group) is 1. The Labute approximate surface area is 85.3 Å². The number of rotatable bonds is 5. The molecule has 0 saturated carbocycles. The van der Waals surface area contributed by atoms with Gasteiger partial charge < -0.3 is 10.1 Å². The lowest BCUT2D eigenvalue weighted by molar-refractivity contribution is 0.242. The molecule has 0 bridgehead atoms. The fourth-order valence-corrected chi connectivity index (χ4v) is 1.15. The van der Waals surface area contributed by atoms with E-state index in [2.05, 4.69) is 17.3 Å². The zero-order chi connectivity index (χ0) is 10.6. The third-order valence-electron chi connectivity index (χ3n) is 1.94. The van der Waals surface area contributed by atoms with E-state index in [1.54, 1.807) is 6.20 Å². The Morgan fingerprint density at radius 2 is 2.21 bits per heavy atom. The van der Waals surface area contributed by atoms with Crippen LogP contribution in [0.3, 0.4) is 0 Å². The first-order valence-corrected chi connectivity index (χ1v) is 4.98. The molecule has 1 rings (SSSR count). The first-order chi connectivity index (χ1) is 6.61. The lowest BCUT2D eigenvalue weighted by Crippen LogP contribution is -2.26. The SMILES string of the molecule is CNC(C)Cn1cc(OC(C)C)cn1. The minimum Gasteiger partial charge on any atom is -0.488 e. The first kappa shape index (κ1) is 11.0. The number of aromatic nitrogens is 2. The molecule has 0 aliphatic rings. The molecule has 1 unspecified atom stereocenters. The van der Waals surface area contributed by atoms with Gasteiger partial charge >= 0.3 is 0 Å². The molecular weight excluding hydrogens is 178 g/mol. The van der Waals surface area contributed by atoms with Crippen molar-refractivity contribution in [2.24, 2.45) is 0 Å². The molecule has 0 fully saturated rings. The van der Waals surface area contributed by atoms with Gasteiger partial charge in [0.05, 0.1) is 25.0 Å². The van der Waals surface area contributed by atoms with E-state index in [4.69, 9.17) is 4.74 Å². The Balaban J connectivity index is 2.50. The molecular formula is C10H19N3O. The molecule has 0 aromatic carbocycles. The molecule has 1 aromatic heterocycles. The minimum absolute atomic E-state index is 0.203. The van der Waals surface area contributed by atoms with Crippen molar-refractivity contribution in [3.05, 3.63) is 12.4 Å². The van der Waals surface area contributed by atoms with Gasteiger partial charge in [0.15, 0.2) is 5.75 Å². The van der Waals surface area contributed by atoms with Crippen molar-refractivity contribution in [3.63, 3.8) is 0 Å². The third-order valence-corrected chi connectivity index (χ3v) is 1.94. The van der Waals surface area contributed by atoms with E-state index in [-0.39, 0.29) is 6.10 Å². The molecule has 0 aliphatic heterocycles. The Bertz CT molecular complexity index is 270. The van der Waals surface area contributed by atoms with Crippen LogP contribution < -0.4 is 10.1 Å². The Kier molecular flexibility index (Phi) is 3.95. The number of hydrogen-bond donors (Lipinski definition) is 1. The standard InChI is InChI=1S/C10H19N3O/c1-8(2)14-10-5-12-13(7-10)6-9(3)11-4/h5,7-9,11H,6H2,1-4H3. The predicted molar refractivity (Wildman–Crippen MR) is 56.5 cm³/mol. The van der Waals surface area contributed by atoms with Crippen LogP contribution in [-0.4, -0.2) is 29.0 Å². The Hall–Kier alpha value is -1.03. The zero-order valence-corrected chi connectivity index (χ0v) is 9.32. The Morgan fingerprint density at radius 3 is 2.79 bits per heavy atom. The third kappa shape index (κ3) is 3.38. The van der Waals surface area contributed by atoms with E-state index in [1.807, 2.05) is 31.8 Å². The summed E-state index contributed by atoms with van der Waals surface area (Å²) < 4.78 is 7.39. The second kappa shape index (κ2) is 5.00. The average molecular weight is 197 g/mol. The van der Waals surface area contributed by atoms with Gasteiger partial charge in [-0.2, -0.15) is 5.10 Å². The summed E-state index contributed by atoms with van der Waals surface area (Å²) in [6.45, 7) is 6.99. The molecule has 4 nitrogen and oxygen atoms in total. The fraction of sp³-hybridized carbons (Fsp3) is 0.700. The van der Waals surface area contributed by atoms with Crippen molar-refractivity contribution >= 4 is 0 Å². The first-order valence-electron chi connectivity index (χ1n) is 4.98. The van der Waals surface area contributed by atoms with Crippen LogP contribution in [-0.2, 0) is 6.54 Å². The van der Waals surface area contributed by atoms with Crippen molar-refractivity contribution in [1.29, 1.82) is 0 Å². The second-order valence-electron chi connectivity index (χ2n) is 3.75. The fourth-order valence-electron chi connectivity index (χ4n) is 1.15. The van der Waals surface area contributed by atoms with Crippen molar-refractivity contribution in [1.82, 2.24) is 15.1 Å². The van der Waals surface area contributed by atoms with E-state index in [9.17, 15) is 0 Å². The minimum atomic E-state index is 0.203. The number of nitrogens with zero attached hydrogens (tertiary/aromatic N) is 2. The lowest BCUT2D eigenvalue weighted by atomic mass is 10.3. The van der Waals surface area contributed by atoms with Crippen LogP contribution >= 0.6 is 0 Å². The molecule has 1 N–H and O–H groups in total. The molecule has 0 amide bonds. The van der Waals surface area contributed by atoms with Crippen LogP contribution in [0, 0.1) is 0 Å². The summed E-state index contributed by atoms with van der Waals surface area (Å²) in [6.07, 6.45) is 3.88. The van der Waals surface area contributed by atoms with E-state index < -0.39 is 0 Å². The Morgan fingerprint density at radius 1 is 1.50 bits per heavy atom. The molecule has 0 saturated heterocycles. The van der Waals surface area contributed by atoms with Gasteiger partial charge in [-0.1, -0.05) is 0 Å². The summed E-state index contributed by atoms with van der Waals surface area (Å²) in [5.41, 5.74) is 0. The highest BCUT2D eigenvalue weighted by Gasteiger charge is 2.04. The van der Waals surface area contributed by atoms with Crippen LogP contribution in [0.1, 0.15) is 20.8 Å². The van der Waals surface area contributed by atoms with Crippen molar-refractivity contribution < 1.29 is 4.74 Å². The summed E-state index contributed by atoms with van der Waals surface area (Å²) in [5.74, 6) is 0.836. The maximum atomic E-state index is 5.51. The number of nitrogens with one attached hydrogen (secondary N) is 1. The van der Waals surface area contributed by atoms with E-state index in [0.29, 0.717) is 6.04 Å². The zero-order valence-electron chi connectivity index (χ0n) is 9.32. The molecule has 4 heteroatoms. The topological polar surface area (TPSA) is 39.1 Å². The molecule has 14 heavy (non-hydrogen) atoms. The van der Waals surface area contributed by atoms with E-state index >= 15 is 0 Å². The maximum absolute atomic E-state index is 5.51. The van der Waals surface area contributed by atoms with Crippen molar-refractivity contribution in [2.75, 3.05) is 7.05 Å². The lowest BCUT2D eigenvalue weighted by Gasteiger charge is -2.09. The average Bonchev–Trinajstić information content (AvgIpc) is 2.51. The van der Waals surface area contributed by atoms with Gasteiger partial charge in [-0.3, -0.25) is 4.68 Å². The number of ether oxygens (including phenoxy) is 1. The van der Waals surface area contributed by atoms with Gasteiger partial charge in [-0.15, -0.1) is 0 Å². The summed E-state index contributed by atoms with van der Waals surface area (Å²) in [6, 6.07) is 0.418. The van der Waals surface area contributed by atoms with Crippen molar-refractivity contribution in [2.45, 2.75) is 39.5 Å². The van der Waals surface area contributed by atoms with Crippen LogP contribution in [0.25, 0.3) is 0 Å². The maximum Gasteiger partial charge on any atom is 0.157 e. The second-order valence-corrected chi connectivity index (χ2v) is 3.75. The summed E-state index contributed by atoms with van der Waals surface area (Å²) in [4.78, 5) is 0. The van der Waals surface area contributed by atoms with Gasteiger partial charge in [0, 0.05) is 6.04 Å². The van der Waals surface area contributed by atoms with Crippen molar-refractivity contribution in [3.8, 4) is 5.75 Å². The summed E-state index contributed by atoms with van der Waals surface area (Å²) >= 11 is 0. The number of hydrogen-bond acceptors (Lipinski definition) is 3. The smallest absolute Gasteiger partial charge is 0.157 e. The van der Waals surface area contributed by atoms with E-state index in [0.717, 1.165) is 12.3 Å². The van der Waals surface area contributed by atoms with Gasteiger partial charge in [0.25, 0.3) is 0 Å².